The van der Waals surface area contributed by atoms with E-state index in [1.807, 2.05) is 13.8 Å². The van der Waals surface area contributed by atoms with Gasteiger partial charge in [0.15, 0.2) is 0 Å². The minimum Gasteiger partial charge on any atom is -0.349 e. The van der Waals surface area contributed by atoms with Gasteiger partial charge in [-0.1, -0.05) is 22.9 Å². The number of nitrogens with one attached hydrogen (secondary N) is 1. The summed E-state index contributed by atoms with van der Waals surface area (Å²) in [5, 5.41) is 3.39. The number of rotatable bonds is 4. The molecule has 1 aromatic rings. The highest BCUT2D eigenvalue weighted by Gasteiger charge is 2.31. The van der Waals surface area contributed by atoms with E-state index in [9.17, 15) is 18.0 Å². The maximum atomic E-state index is 12.7. The molecule has 7 heteroatoms. The molecule has 20 heavy (non-hydrogen) atoms. The Bertz CT molecular complexity index is 491. The summed E-state index contributed by atoms with van der Waals surface area (Å²) in [6.45, 7) is 3.74. The van der Waals surface area contributed by atoms with Crippen LogP contribution in [0.25, 0.3) is 0 Å². The first-order chi connectivity index (χ1) is 9.16. The molecule has 0 aliphatic rings. The van der Waals surface area contributed by atoms with E-state index in [2.05, 4.69) is 37.2 Å². The SMILES string of the molecule is CC(CBr)C(C)NC(=O)c1cc(C(F)(F)F)ccc1Br. The first-order valence-electron chi connectivity index (χ1n) is 5.90. The van der Waals surface area contributed by atoms with Crippen LogP contribution in [0.15, 0.2) is 22.7 Å². The van der Waals surface area contributed by atoms with Crippen molar-refractivity contribution in [2.45, 2.75) is 26.1 Å². The van der Waals surface area contributed by atoms with Crippen molar-refractivity contribution in [3.8, 4) is 0 Å². The lowest BCUT2D eigenvalue weighted by Crippen LogP contribution is -2.37. The van der Waals surface area contributed by atoms with Crippen molar-refractivity contribution in [1.82, 2.24) is 5.32 Å². The molecule has 0 saturated carbocycles. The van der Waals surface area contributed by atoms with E-state index in [1.165, 1.54) is 6.07 Å². The molecule has 0 heterocycles. The predicted octanol–water partition coefficient (Wildman–Crippen LogP) is 4.62. The Balaban J connectivity index is 2.98. The molecule has 0 aromatic heterocycles. The summed E-state index contributed by atoms with van der Waals surface area (Å²) >= 11 is 6.41. The molecular weight excluding hydrogens is 403 g/mol. The predicted molar refractivity (Wildman–Crippen MR) is 79.0 cm³/mol. The largest absolute Gasteiger partial charge is 0.416 e. The molecule has 0 bridgehead atoms. The van der Waals surface area contributed by atoms with Crippen molar-refractivity contribution in [3.63, 3.8) is 0 Å². The molecule has 1 aromatic carbocycles. The first kappa shape index (κ1) is 17.5. The van der Waals surface area contributed by atoms with Crippen molar-refractivity contribution in [3.05, 3.63) is 33.8 Å². The number of halogens is 5. The van der Waals surface area contributed by atoms with Crippen LogP contribution in [0.3, 0.4) is 0 Å². The minimum absolute atomic E-state index is 0.0200. The molecule has 2 atom stereocenters. The number of carbonyl (C=O) groups excluding carboxylic acids is 1. The summed E-state index contributed by atoms with van der Waals surface area (Å²) in [7, 11) is 0. The van der Waals surface area contributed by atoms with Gasteiger partial charge >= 0.3 is 6.18 Å². The molecule has 1 amide bonds. The zero-order valence-electron chi connectivity index (χ0n) is 10.9. The fourth-order valence-corrected chi connectivity index (χ4v) is 2.42. The van der Waals surface area contributed by atoms with Crippen LogP contribution in [0.4, 0.5) is 13.2 Å². The second-order valence-corrected chi connectivity index (χ2v) is 6.09. The summed E-state index contributed by atoms with van der Waals surface area (Å²) in [6.07, 6.45) is -4.47. The Morgan fingerprint density at radius 3 is 2.45 bits per heavy atom. The lowest BCUT2D eigenvalue weighted by Gasteiger charge is -2.20. The third kappa shape index (κ3) is 4.48. The maximum absolute atomic E-state index is 12.7. The summed E-state index contributed by atoms with van der Waals surface area (Å²) in [5.74, 6) is -0.355. The highest BCUT2D eigenvalue weighted by atomic mass is 79.9. The van der Waals surface area contributed by atoms with Crippen LogP contribution < -0.4 is 5.32 Å². The van der Waals surface area contributed by atoms with E-state index in [1.54, 1.807) is 0 Å². The standard InChI is InChI=1S/C13H14Br2F3NO/c1-7(6-14)8(2)19-12(20)10-5-9(13(16,17)18)3-4-11(10)15/h3-5,7-8H,6H2,1-2H3,(H,19,20). The molecular formula is C13H14Br2F3NO. The Hall–Kier alpha value is -0.560. The average molecular weight is 417 g/mol. The van der Waals surface area contributed by atoms with Crippen LogP contribution in [0.1, 0.15) is 29.8 Å². The van der Waals surface area contributed by atoms with Gasteiger partial charge < -0.3 is 5.32 Å². The van der Waals surface area contributed by atoms with E-state index >= 15 is 0 Å². The molecule has 0 spiro atoms. The van der Waals surface area contributed by atoms with Crippen LogP contribution >= 0.6 is 31.9 Å². The Kier molecular flexibility index (Phi) is 6.06. The van der Waals surface area contributed by atoms with Crippen molar-refractivity contribution in [2.75, 3.05) is 5.33 Å². The number of carbonyl (C=O) groups is 1. The second-order valence-electron chi connectivity index (χ2n) is 4.59. The normalized spacial score (nSPS) is 14.8. The van der Waals surface area contributed by atoms with Gasteiger partial charge in [-0.2, -0.15) is 13.2 Å². The molecule has 1 N–H and O–H groups in total. The van der Waals surface area contributed by atoms with Crippen LogP contribution in [0, 0.1) is 5.92 Å². The number of hydrogen-bond donors (Lipinski definition) is 1. The Morgan fingerprint density at radius 1 is 1.35 bits per heavy atom. The first-order valence-corrected chi connectivity index (χ1v) is 7.81. The number of amides is 1. The van der Waals surface area contributed by atoms with Gasteiger partial charge in [0.1, 0.15) is 0 Å². The molecule has 0 aliphatic carbocycles. The summed E-state index contributed by atoms with van der Waals surface area (Å²) in [5.41, 5.74) is -0.861. The van der Waals surface area contributed by atoms with Crippen LogP contribution in [0.2, 0.25) is 0 Å². The molecule has 0 radical (unpaired) electrons. The highest BCUT2D eigenvalue weighted by molar-refractivity contribution is 9.10. The lowest BCUT2D eigenvalue weighted by atomic mass is 10.1. The van der Waals surface area contributed by atoms with E-state index in [0.717, 1.165) is 12.1 Å². The molecule has 0 aliphatic heterocycles. The van der Waals surface area contributed by atoms with Gasteiger partial charge in [-0.3, -0.25) is 4.79 Å². The van der Waals surface area contributed by atoms with Gasteiger partial charge in [0.05, 0.1) is 11.1 Å². The molecule has 0 saturated heterocycles. The molecule has 0 fully saturated rings. The average Bonchev–Trinajstić information content (AvgIpc) is 2.36. The zero-order valence-corrected chi connectivity index (χ0v) is 14.1. The third-order valence-electron chi connectivity index (χ3n) is 2.99. The monoisotopic (exact) mass is 415 g/mol. The Labute approximate surface area is 132 Å². The zero-order chi connectivity index (χ0) is 15.5. The highest BCUT2D eigenvalue weighted by Crippen LogP contribution is 2.31. The van der Waals surface area contributed by atoms with Gasteiger partial charge in [0.25, 0.3) is 5.91 Å². The fourth-order valence-electron chi connectivity index (χ4n) is 1.44. The summed E-state index contributed by atoms with van der Waals surface area (Å²) < 4.78 is 38.3. The van der Waals surface area contributed by atoms with Gasteiger partial charge in [0.2, 0.25) is 0 Å². The fraction of sp³-hybridized carbons (Fsp3) is 0.462. The van der Waals surface area contributed by atoms with Gasteiger partial charge in [-0.15, -0.1) is 0 Å². The molecule has 1 rings (SSSR count). The van der Waals surface area contributed by atoms with Gasteiger partial charge in [-0.25, -0.2) is 0 Å². The summed E-state index contributed by atoms with van der Waals surface area (Å²) in [4.78, 5) is 12.1. The molecule has 2 unspecified atom stereocenters. The number of hydrogen-bond acceptors (Lipinski definition) is 1. The van der Waals surface area contributed by atoms with Crippen molar-refractivity contribution >= 4 is 37.8 Å². The lowest BCUT2D eigenvalue weighted by molar-refractivity contribution is -0.137. The van der Waals surface area contributed by atoms with Gasteiger partial charge in [-0.05, 0) is 47.0 Å². The van der Waals surface area contributed by atoms with Crippen LogP contribution in [-0.2, 0) is 6.18 Å². The quantitative estimate of drug-likeness (QED) is 0.713. The van der Waals surface area contributed by atoms with E-state index < -0.39 is 17.6 Å². The summed E-state index contributed by atoms with van der Waals surface area (Å²) in [6, 6.07) is 2.87. The molecule has 112 valence electrons. The van der Waals surface area contributed by atoms with Crippen LogP contribution in [0.5, 0.6) is 0 Å². The number of alkyl halides is 4. The third-order valence-corrected chi connectivity index (χ3v) is 4.71. The van der Waals surface area contributed by atoms with E-state index in [4.69, 9.17) is 0 Å². The van der Waals surface area contributed by atoms with E-state index in [-0.39, 0.29) is 17.5 Å². The minimum atomic E-state index is -4.47. The second kappa shape index (κ2) is 6.93. The Morgan fingerprint density at radius 2 is 1.95 bits per heavy atom. The van der Waals surface area contributed by atoms with E-state index in [0.29, 0.717) is 9.80 Å². The van der Waals surface area contributed by atoms with Gasteiger partial charge in [0, 0.05) is 15.8 Å². The van der Waals surface area contributed by atoms with Crippen molar-refractivity contribution in [2.24, 2.45) is 5.92 Å². The van der Waals surface area contributed by atoms with Crippen LogP contribution in [-0.4, -0.2) is 17.3 Å². The smallest absolute Gasteiger partial charge is 0.349 e. The molecule has 2 nitrogen and oxygen atoms in total. The van der Waals surface area contributed by atoms with Crippen molar-refractivity contribution < 1.29 is 18.0 Å². The van der Waals surface area contributed by atoms with Crippen molar-refractivity contribution in [1.29, 1.82) is 0 Å². The maximum Gasteiger partial charge on any atom is 0.416 e. The topological polar surface area (TPSA) is 29.1 Å². The number of benzene rings is 1.